The van der Waals surface area contributed by atoms with Crippen LogP contribution in [0.4, 0.5) is 0 Å². The Morgan fingerprint density at radius 3 is 2.88 bits per heavy atom. The van der Waals surface area contributed by atoms with E-state index in [-0.39, 0.29) is 6.04 Å². The maximum absolute atomic E-state index is 5.75. The zero-order valence-electron chi connectivity index (χ0n) is 9.47. The third kappa shape index (κ3) is 2.46. The van der Waals surface area contributed by atoms with Crippen LogP contribution in [0.1, 0.15) is 18.3 Å². The number of hydrogen-bond donors (Lipinski definition) is 1. The quantitative estimate of drug-likeness (QED) is 0.885. The van der Waals surface area contributed by atoms with Crippen molar-refractivity contribution in [3.05, 3.63) is 35.1 Å². The van der Waals surface area contributed by atoms with Crippen molar-refractivity contribution in [3.8, 4) is 10.6 Å². The van der Waals surface area contributed by atoms with Crippen LogP contribution in [-0.2, 0) is 6.42 Å². The lowest BCUT2D eigenvalue weighted by Gasteiger charge is -2.05. The smallest absolute Gasteiger partial charge is 0.130 e. The molecule has 2 rings (SSSR count). The number of nitrogens with zero attached hydrogens (tertiary/aromatic N) is 2. The molecule has 0 saturated carbocycles. The van der Waals surface area contributed by atoms with Gasteiger partial charge in [0.05, 0.1) is 10.6 Å². The largest absolute Gasteiger partial charge is 0.328 e. The van der Waals surface area contributed by atoms with Gasteiger partial charge in [-0.3, -0.25) is 0 Å². The minimum Gasteiger partial charge on any atom is -0.328 e. The number of rotatable bonds is 3. The van der Waals surface area contributed by atoms with Crippen molar-refractivity contribution in [2.45, 2.75) is 26.3 Å². The zero-order valence-corrected chi connectivity index (χ0v) is 10.3. The molecule has 0 aliphatic carbocycles. The van der Waals surface area contributed by atoms with Crippen molar-refractivity contribution in [1.82, 2.24) is 9.97 Å². The Kier molecular flexibility index (Phi) is 3.31. The van der Waals surface area contributed by atoms with Crippen molar-refractivity contribution >= 4 is 11.3 Å². The second-order valence-electron chi connectivity index (χ2n) is 3.97. The molecule has 0 aromatic carbocycles. The topological polar surface area (TPSA) is 51.8 Å². The van der Waals surface area contributed by atoms with Gasteiger partial charge in [0, 0.05) is 18.7 Å². The van der Waals surface area contributed by atoms with Gasteiger partial charge in [-0.1, -0.05) is 0 Å². The molecule has 0 saturated heterocycles. The van der Waals surface area contributed by atoms with Gasteiger partial charge in [0.15, 0.2) is 0 Å². The van der Waals surface area contributed by atoms with E-state index in [2.05, 4.69) is 28.3 Å². The summed E-state index contributed by atoms with van der Waals surface area (Å²) in [5.74, 6) is 0.820. The second-order valence-corrected chi connectivity index (χ2v) is 4.89. The minimum absolute atomic E-state index is 0.0969. The normalized spacial score (nSPS) is 12.7. The van der Waals surface area contributed by atoms with E-state index in [4.69, 9.17) is 5.73 Å². The van der Waals surface area contributed by atoms with Crippen molar-refractivity contribution in [2.75, 3.05) is 0 Å². The van der Waals surface area contributed by atoms with Gasteiger partial charge in [-0.2, -0.15) is 0 Å². The zero-order chi connectivity index (χ0) is 11.5. The van der Waals surface area contributed by atoms with E-state index in [9.17, 15) is 0 Å². The summed E-state index contributed by atoms with van der Waals surface area (Å²) in [5.41, 5.74) is 8.00. The van der Waals surface area contributed by atoms with Crippen LogP contribution < -0.4 is 5.73 Å². The van der Waals surface area contributed by atoms with Crippen LogP contribution in [0.2, 0.25) is 0 Å². The number of thiophene rings is 1. The summed E-state index contributed by atoms with van der Waals surface area (Å²) >= 11 is 1.71. The Morgan fingerprint density at radius 1 is 1.44 bits per heavy atom. The Labute approximate surface area is 99.4 Å². The molecule has 1 atom stereocenters. The fourth-order valence-corrected chi connectivity index (χ4v) is 2.44. The molecule has 0 spiro atoms. The van der Waals surface area contributed by atoms with Gasteiger partial charge < -0.3 is 5.73 Å². The second kappa shape index (κ2) is 4.72. The van der Waals surface area contributed by atoms with Crippen LogP contribution in [0.15, 0.2) is 23.7 Å². The lowest BCUT2D eigenvalue weighted by molar-refractivity contribution is 0.702. The standard InChI is InChI=1S/C12H15N3S/c1-8-4-6-16-12(8)10-3-5-14-11(15-10)7-9(2)13/h3-6,9H,7,13H2,1-2H3. The van der Waals surface area contributed by atoms with Crippen LogP contribution in [0, 0.1) is 6.92 Å². The number of hydrogen-bond acceptors (Lipinski definition) is 4. The van der Waals surface area contributed by atoms with E-state index in [1.54, 1.807) is 17.5 Å². The van der Waals surface area contributed by atoms with Crippen LogP contribution >= 0.6 is 11.3 Å². The summed E-state index contributed by atoms with van der Waals surface area (Å²) in [4.78, 5) is 9.98. The number of aryl methyl sites for hydroxylation is 1. The molecule has 2 N–H and O–H groups in total. The predicted octanol–water partition coefficient (Wildman–Crippen LogP) is 2.40. The van der Waals surface area contributed by atoms with Gasteiger partial charge in [0.2, 0.25) is 0 Å². The molecule has 2 aromatic heterocycles. The SMILES string of the molecule is Cc1ccsc1-c1ccnc(CC(C)N)n1. The first-order valence-corrected chi connectivity index (χ1v) is 6.17. The van der Waals surface area contributed by atoms with E-state index in [0.717, 1.165) is 17.9 Å². The molecular weight excluding hydrogens is 218 g/mol. The van der Waals surface area contributed by atoms with E-state index < -0.39 is 0 Å². The first kappa shape index (κ1) is 11.2. The van der Waals surface area contributed by atoms with Gasteiger partial charge in [-0.05, 0) is 36.9 Å². The van der Waals surface area contributed by atoms with E-state index >= 15 is 0 Å². The Hall–Kier alpha value is -1.26. The monoisotopic (exact) mass is 233 g/mol. The summed E-state index contributed by atoms with van der Waals surface area (Å²) in [5, 5.41) is 2.08. The van der Waals surface area contributed by atoms with Crippen LogP contribution in [0.3, 0.4) is 0 Å². The summed E-state index contributed by atoms with van der Waals surface area (Å²) in [6, 6.07) is 4.15. The van der Waals surface area contributed by atoms with E-state index in [0.29, 0.717) is 0 Å². The van der Waals surface area contributed by atoms with E-state index in [1.165, 1.54) is 10.4 Å². The summed E-state index contributed by atoms with van der Waals surface area (Å²) in [6.07, 6.45) is 2.53. The predicted molar refractivity (Wildman–Crippen MR) is 67.4 cm³/mol. The minimum atomic E-state index is 0.0969. The third-order valence-corrected chi connectivity index (χ3v) is 3.34. The van der Waals surface area contributed by atoms with Crippen LogP contribution in [0.5, 0.6) is 0 Å². The highest BCUT2D eigenvalue weighted by molar-refractivity contribution is 7.13. The van der Waals surface area contributed by atoms with E-state index in [1.807, 2.05) is 13.0 Å². The Balaban J connectivity index is 2.33. The highest BCUT2D eigenvalue weighted by Crippen LogP contribution is 2.26. The molecule has 16 heavy (non-hydrogen) atoms. The van der Waals surface area contributed by atoms with Crippen LogP contribution in [-0.4, -0.2) is 16.0 Å². The molecule has 84 valence electrons. The van der Waals surface area contributed by atoms with Gasteiger partial charge in [-0.15, -0.1) is 11.3 Å². The molecule has 0 aliphatic heterocycles. The molecule has 4 heteroatoms. The number of aromatic nitrogens is 2. The Morgan fingerprint density at radius 2 is 2.25 bits per heavy atom. The summed E-state index contributed by atoms with van der Waals surface area (Å²) < 4.78 is 0. The average molecular weight is 233 g/mol. The lowest BCUT2D eigenvalue weighted by Crippen LogP contribution is -2.19. The van der Waals surface area contributed by atoms with Crippen molar-refractivity contribution < 1.29 is 0 Å². The summed E-state index contributed by atoms with van der Waals surface area (Å²) in [7, 11) is 0. The summed E-state index contributed by atoms with van der Waals surface area (Å²) in [6.45, 7) is 4.06. The maximum atomic E-state index is 5.75. The number of nitrogens with two attached hydrogens (primary N) is 1. The molecule has 0 bridgehead atoms. The van der Waals surface area contributed by atoms with Crippen molar-refractivity contribution in [1.29, 1.82) is 0 Å². The van der Waals surface area contributed by atoms with Gasteiger partial charge in [0.25, 0.3) is 0 Å². The average Bonchev–Trinajstić information content (AvgIpc) is 2.64. The molecule has 3 nitrogen and oxygen atoms in total. The van der Waals surface area contributed by atoms with Crippen molar-refractivity contribution in [3.63, 3.8) is 0 Å². The van der Waals surface area contributed by atoms with Gasteiger partial charge in [0.1, 0.15) is 5.82 Å². The third-order valence-electron chi connectivity index (χ3n) is 2.30. The lowest BCUT2D eigenvalue weighted by atomic mass is 10.2. The molecule has 2 heterocycles. The molecule has 0 amide bonds. The molecule has 0 fully saturated rings. The molecule has 0 aliphatic rings. The highest BCUT2D eigenvalue weighted by atomic mass is 32.1. The van der Waals surface area contributed by atoms with Crippen molar-refractivity contribution in [2.24, 2.45) is 5.73 Å². The molecule has 2 aromatic rings. The highest BCUT2D eigenvalue weighted by Gasteiger charge is 2.07. The van der Waals surface area contributed by atoms with Crippen LogP contribution in [0.25, 0.3) is 10.6 Å². The Bertz CT molecular complexity index is 477. The molecular formula is C12H15N3S. The fraction of sp³-hybridized carbons (Fsp3) is 0.333. The molecule has 0 radical (unpaired) electrons. The molecule has 1 unspecified atom stereocenters. The van der Waals surface area contributed by atoms with Gasteiger partial charge in [-0.25, -0.2) is 9.97 Å². The first-order valence-electron chi connectivity index (χ1n) is 5.29. The fourth-order valence-electron chi connectivity index (χ4n) is 1.55. The first-order chi connectivity index (χ1) is 7.66. The maximum Gasteiger partial charge on any atom is 0.130 e. The van der Waals surface area contributed by atoms with Gasteiger partial charge >= 0.3 is 0 Å².